The minimum Gasteiger partial charge on any atom is -0.875 e. The van der Waals surface area contributed by atoms with Gasteiger partial charge in [0.05, 0.1) is 0 Å². The zero-order chi connectivity index (χ0) is 24.9. The van der Waals surface area contributed by atoms with Crippen molar-refractivity contribution in [1.82, 2.24) is 0 Å². The van der Waals surface area contributed by atoms with E-state index < -0.39 is 58.6 Å². The smallest absolute Gasteiger partial charge is 0.875 e. The number of rotatable bonds is 6. The molecule has 0 rings (SSSR count). The summed E-state index contributed by atoms with van der Waals surface area (Å²) in [6.45, 7) is 8.33. The molecule has 0 atom stereocenters. The van der Waals surface area contributed by atoms with Crippen molar-refractivity contribution in [3.05, 3.63) is 23.7 Å². The number of carbonyl (C=O) groups is 2. The second-order valence-corrected chi connectivity index (χ2v) is 8.09. The second-order valence-electron chi connectivity index (χ2n) is 8.09. The predicted molar refractivity (Wildman–Crippen MR) is 92.7 cm³/mol. The van der Waals surface area contributed by atoms with Gasteiger partial charge in [0.1, 0.15) is 0 Å². The topological polar surface area (TPSA) is 80.3 Å². The van der Waals surface area contributed by atoms with Gasteiger partial charge < -0.3 is 10.2 Å². The molecular formula is C18H22F8MgO4. The van der Waals surface area contributed by atoms with Crippen LogP contribution in [0.2, 0.25) is 0 Å². The largest absolute Gasteiger partial charge is 2.00 e. The van der Waals surface area contributed by atoms with Crippen LogP contribution in [-0.2, 0) is 9.59 Å². The van der Waals surface area contributed by atoms with Gasteiger partial charge in [-0.1, -0.05) is 41.5 Å². The molecule has 0 heterocycles. The standard InChI is InChI=1S/2C9H12F4O2.Mg/c2*1-8(2,3)5(14)4-6(15)9(12,13)7(10)11;/h2*4,7,14H,1-3H3;/q;;+2/p-2/b2*5-4+;. The fraction of sp³-hybridized carbons (Fsp3) is 0.667. The van der Waals surface area contributed by atoms with Gasteiger partial charge in [-0.3, -0.25) is 9.59 Å². The minimum atomic E-state index is -4.79. The molecule has 0 saturated heterocycles. The number of hydrogen-bond acceptors (Lipinski definition) is 4. The quantitative estimate of drug-likeness (QED) is 0.254. The molecule has 0 aliphatic rings. The van der Waals surface area contributed by atoms with Crippen LogP contribution in [0.25, 0.3) is 0 Å². The number of halogens is 8. The predicted octanol–water partition coefficient (Wildman–Crippen LogP) is 3.11. The van der Waals surface area contributed by atoms with Crippen LogP contribution < -0.4 is 10.2 Å². The molecule has 13 heteroatoms. The summed E-state index contributed by atoms with van der Waals surface area (Å²) < 4.78 is 96.5. The summed E-state index contributed by atoms with van der Waals surface area (Å²) >= 11 is 0. The summed E-state index contributed by atoms with van der Waals surface area (Å²) in [5.41, 5.74) is -2.10. The summed E-state index contributed by atoms with van der Waals surface area (Å²) in [5.74, 6) is -15.7. The summed E-state index contributed by atoms with van der Waals surface area (Å²) in [5, 5.41) is 22.2. The van der Waals surface area contributed by atoms with E-state index in [1.807, 2.05) is 0 Å². The van der Waals surface area contributed by atoms with E-state index in [1.165, 1.54) is 41.5 Å². The van der Waals surface area contributed by atoms with Crippen LogP contribution in [0.15, 0.2) is 23.7 Å². The van der Waals surface area contributed by atoms with Crippen LogP contribution in [0.1, 0.15) is 41.5 Å². The first-order valence-corrected chi connectivity index (χ1v) is 8.18. The van der Waals surface area contributed by atoms with Crippen molar-refractivity contribution in [2.45, 2.75) is 66.2 Å². The van der Waals surface area contributed by atoms with E-state index in [2.05, 4.69) is 0 Å². The molecule has 0 aromatic carbocycles. The van der Waals surface area contributed by atoms with Crippen LogP contribution in [0.5, 0.6) is 0 Å². The van der Waals surface area contributed by atoms with Crippen LogP contribution in [0.3, 0.4) is 0 Å². The number of hydrogen-bond donors (Lipinski definition) is 0. The molecule has 0 spiro atoms. The molecule has 4 nitrogen and oxygen atoms in total. The van der Waals surface area contributed by atoms with Gasteiger partial charge in [-0.15, -0.1) is 11.5 Å². The zero-order valence-corrected chi connectivity index (χ0v) is 19.1. The van der Waals surface area contributed by atoms with Crippen molar-refractivity contribution in [3.63, 3.8) is 0 Å². The van der Waals surface area contributed by atoms with Gasteiger partial charge >= 0.3 is 47.7 Å². The molecule has 0 bridgehead atoms. The van der Waals surface area contributed by atoms with Crippen molar-refractivity contribution in [2.24, 2.45) is 10.8 Å². The van der Waals surface area contributed by atoms with Crippen LogP contribution in [0.4, 0.5) is 35.1 Å². The van der Waals surface area contributed by atoms with E-state index in [0.29, 0.717) is 0 Å². The Balaban J connectivity index is -0.000000490. The monoisotopic (exact) mass is 478 g/mol. The maximum atomic E-state index is 12.4. The molecule has 0 N–H and O–H groups in total. The summed E-state index contributed by atoms with van der Waals surface area (Å²) in [7, 11) is 0. The first kappa shape index (κ1) is 34.2. The summed E-state index contributed by atoms with van der Waals surface area (Å²) in [6.07, 6.45) is -8.14. The Bertz CT molecular complexity index is 617. The van der Waals surface area contributed by atoms with E-state index in [9.17, 15) is 54.9 Å². The van der Waals surface area contributed by atoms with Crippen molar-refractivity contribution in [1.29, 1.82) is 0 Å². The van der Waals surface area contributed by atoms with Gasteiger partial charge in [-0.2, -0.15) is 17.6 Å². The zero-order valence-electron chi connectivity index (χ0n) is 17.7. The SMILES string of the molecule is CC(C)(C)/C([O-])=C\C(=O)C(F)(F)C(F)F.CC(C)(C)/C([O-])=C\C(=O)C(F)(F)C(F)F.[Mg+2]. The second kappa shape index (κ2) is 12.0. The van der Waals surface area contributed by atoms with Gasteiger partial charge in [0.15, 0.2) is 0 Å². The molecule has 176 valence electrons. The average molecular weight is 479 g/mol. The van der Waals surface area contributed by atoms with Crippen molar-refractivity contribution < 1.29 is 54.9 Å². The molecule has 0 amide bonds. The molecule has 0 aliphatic heterocycles. The van der Waals surface area contributed by atoms with Crippen LogP contribution in [0, 0.1) is 10.8 Å². The third-order valence-corrected chi connectivity index (χ3v) is 3.21. The normalized spacial score (nSPS) is 14.1. The number of alkyl halides is 8. The molecule has 0 aromatic heterocycles. The molecule has 31 heavy (non-hydrogen) atoms. The van der Waals surface area contributed by atoms with Gasteiger partial charge in [0, 0.05) is 0 Å². The third-order valence-electron chi connectivity index (χ3n) is 3.21. The Morgan fingerprint density at radius 1 is 0.645 bits per heavy atom. The van der Waals surface area contributed by atoms with Crippen LogP contribution in [-0.4, -0.2) is 59.3 Å². The van der Waals surface area contributed by atoms with Crippen LogP contribution >= 0.6 is 0 Å². The average Bonchev–Trinajstić information content (AvgIpc) is 2.52. The van der Waals surface area contributed by atoms with Crippen molar-refractivity contribution in [3.8, 4) is 0 Å². The number of allylic oxidation sites excluding steroid dienone is 4. The molecule has 0 radical (unpaired) electrons. The van der Waals surface area contributed by atoms with Gasteiger partial charge in [0.25, 0.3) is 0 Å². The fourth-order valence-electron chi connectivity index (χ4n) is 1.08. The molecular weight excluding hydrogens is 456 g/mol. The summed E-state index contributed by atoms with van der Waals surface area (Å²) in [6, 6.07) is 0. The fourth-order valence-corrected chi connectivity index (χ4v) is 1.08. The van der Waals surface area contributed by atoms with E-state index in [1.54, 1.807) is 0 Å². The molecule has 0 aliphatic carbocycles. The molecule has 0 fully saturated rings. The third kappa shape index (κ3) is 11.2. The molecule has 0 saturated carbocycles. The molecule has 0 unspecified atom stereocenters. The Kier molecular flexibility index (Phi) is 13.3. The first-order valence-electron chi connectivity index (χ1n) is 8.18. The van der Waals surface area contributed by atoms with Crippen molar-refractivity contribution in [2.75, 3.05) is 0 Å². The van der Waals surface area contributed by atoms with Gasteiger partial charge in [-0.05, 0) is 23.0 Å². The van der Waals surface area contributed by atoms with E-state index in [4.69, 9.17) is 0 Å². The van der Waals surface area contributed by atoms with Gasteiger partial charge in [0.2, 0.25) is 11.6 Å². The number of ketones is 2. The maximum Gasteiger partial charge on any atom is 2.00 e. The molecule has 0 aromatic rings. The number of carbonyl (C=O) groups excluding carboxylic acids is 2. The Morgan fingerprint density at radius 2 is 0.839 bits per heavy atom. The van der Waals surface area contributed by atoms with Gasteiger partial charge in [-0.25, -0.2) is 17.6 Å². The Hall–Kier alpha value is -1.37. The summed E-state index contributed by atoms with van der Waals surface area (Å²) in [4.78, 5) is 21.3. The van der Waals surface area contributed by atoms with E-state index in [-0.39, 0.29) is 35.2 Å². The van der Waals surface area contributed by atoms with Crippen molar-refractivity contribution >= 4 is 34.6 Å². The maximum absolute atomic E-state index is 12.4. The van der Waals surface area contributed by atoms with E-state index >= 15 is 0 Å². The first-order chi connectivity index (χ1) is 13.0. The Labute approximate surface area is 190 Å². The minimum absolute atomic E-state index is 0. The Morgan fingerprint density at radius 3 is 0.968 bits per heavy atom. The van der Waals surface area contributed by atoms with E-state index in [0.717, 1.165) is 0 Å².